The molecular weight excluding hydrogens is 228 g/mol. The van der Waals surface area contributed by atoms with Gasteiger partial charge in [-0.25, -0.2) is 4.79 Å². The molecular formula is C14H20N2O2. The quantitative estimate of drug-likeness (QED) is 0.839. The third-order valence-electron chi connectivity index (χ3n) is 3.69. The maximum absolute atomic E-state index is 11.8. The van der Waals surface area contributed by atoms with Crippen LogP contribution in [-0.4, -0.2) is 33.5 Å². The van der Waals surface area contributed by atoms with E-state index in [1.165, 1.54) is 0 Å². The fourth-order valence-electron chi connectivity index (χ4n) is 2.49. The van der Waals surface area contributed by atoms with E-state index in [9.17, 15) is 9.90 Å². The Labute approximate surface area is 108 Å². The van der Waals surface area contributed by atoms with Crippen LogP contribution in [0, 0.1) is 0 Å². The molecule has 0 radical (unpaired) electrons. The Bertz CT molecular complexity index is 417. The average molecular weight is 248 g/mol. The number of rotatable bonds is 6. The normalized spacial score (nSPS) is 18.6. The van der Waals surface area contributed by atoms with Gasteiger partial charge in [0.25, 0.3) is 0 Å². The fraction of sp³-hybridized carbons (Fsp3) is 0.571. The van der Waals surface area contributed by atoms with Crippen molar-refractivity contribution >= 4 is 5.97 Å². The lowest BCUT2D eigenvalue weighted by Crippen LogP contribution is -2.51. The van der Waals surface area contributed by atoms with Crippen molar-refractivity contribution in [2.75, 3.05) is 6.54 Å². The molecule has 1 atom stereocenters. The largest absolute Gasteiger partial charge is 0.480 e. The van der Waals surface area contributed by atoms with E-state index in [0.717, 1.165) is 31.4 Å². The molecule has 0 spiro atoms. The Morgan fingerprint density at radius 2 is 2.11 bits per heavy atom. The predicted molar refractivity (Wildman–Crippen MR) is 69.2 cm³/mol. The van der Waals surface area contributed by atoms with Crippen molar-refractivity contribution in [3.05, 3.63) is 30.1 Å². The van der Waals surface area contributed by atoms with Crippen LogP contribution in [0.1, 0.15) is 38.7 Å². The maximum Gasteiger partial charge on any atom is 0.328 e. The molecule has 1 unspecified atom stereocenters. The van der Waals surface area contributed by atoms with Gasteiger partial charge in [0.2, 0.25) is 0 Å². The molecule has 1 aromatic rings. The Kier molecular flexibility index (Phi) is 3.66. The van der Waals surface area contributed by atoms with Crippen LogP contribution in [0.15, 0.2) is 24.5 Å². The summed E-state index contributed by atoms with van der Waals surface area (Å²) in [6.45, 7) is 4.71. The Morgan fingerprint density at radius 3 is 2.56 bits per heavy atom. The summed E-state index contributed by atoms with van der Waals surface area (Å²) in [5.74, 6) is -0.783. The van der Waals surface area contributed by atoms with Gasteiger partial charge in [0, 0.05) is 18.4 Å². The van der Waals surface area contributed by atoms with Gasteiger partial charge < -0.3 is 5.11 Å². The van der Waals surface area contributed by atoms with Crippen molar-refractivity contribution in [3.8, 4) is 0 Å². The smallest absolute Gasteiger partial charge is 0.328 e. The summed E-state index contributed by atoms with van der Waals surface area (Å²) in [7, 11) is 0. The van der Waals surface area contributed by atoms with Crippen LogP contribution < -0.4 is 0 Å². The SMILES string of the molecule is CCCN(C1CC1)C(C)(C(=O)O)c1ccncc1. The molecule has 18 heavy (non-hydrogen) atoms. The van der Waals surface area contributed by atoms with E-state index in [4.69, 9.17) is 0 Å². The van der Waals surface area contributed by atoms with E-state index in [0.29, 0.717) is 6.04 Å². The minimum atomic E-state index is -0.944. The molecule has 1 saturated carbocycles. The number of carboxylic acids is 1. The first-order chi connectivity index (χ1) is 8.60. The lowest BCUT2D eigenvalue weighted by atomic mass is 9.90. The number of hydrogen-bond acceptors (Lipinski definition) is 3. The first-order valence-electron chi connectivity index (χ1n) is 6.51. The number of aromatic nitrogens is 1. The molecule has 4 heteroatoms. The van der Waals surface area contributed by atoms with Gasteiger partial charge in [0.05, 0.1) is 0 Å². The zero-order valence-electron chi connectivity index (χ0n) is 11.0. The molecule has 1 heterocycles. The average Bonchev–Trinajstić information content (AvgIpc) is 3.20. The Balaban J connectivity index is 2.39. The highest BCUT2D eigenvalue weighted by atomic mass is 16.4. The molecule has 0 bridgehead atoms. The van der Waals surface area contributed by atoms with Crippen LogP contribution in [0.5, 0.6) is 0 Å². The van der Waals surface area contributed by atoms with E-state index in [1.807, 2.05) is 0 Å². The number of aliphatic carboxylic acids is 1. The molecule has 0 aliphatic heterocycles. The first-order valence-corrected chi connectivity index (χ1v) is 6.51. The van der Waals surface area contributed by atoms with Crippen molar-refractivity contribution in [2.45, 2.75) is 44.7 Å². The van der Waals surface area contributed by atoms with Gasteiger partial charge in [-0.3, -0.25) is 9.88 Å². The second-order valence-electron chi connectivity index (χ2n) is 5.04. The van der Waals surface area contributed by atoms with Crippen molar-refractivity contribution in [1.29, 1.82) is 0 Å². The van der Waals surface area contributed by atoms with Gasteiger partial charge in [-0.05, 0) is 50.4 Å². The van der Waals surface area contributed by atoms with Gasteiger partial charge >= 0.3 is 5.97 Å². The van der Waals surface area contributed by atoms with Crippen LogP contribution in [-0.2, 0) is 10.3 Å². The number of carbonyl (C=O) groups is 1. The predicted octanol–water partition coefficient (Wildman–Crippen LogP) is 2.26. The highest BCUT2D eigenvalue weighted by molar-refractivity contribution is 5.80. The van der Waals surface area contributed by atoms with Crippen LogP contribution >= 0.6 is 0 Å². The van der Waals surface area contributed by atoms with Gasteiger partial charge in [0.1, 0.15) is 5.54 Å². The first kappa shape index (κ1) is 13.0. The lowest BCUT2D eigenvalue weighted by molar-refractivity contribution is -0.152. The van der Waals surface area contributed by atoms with E-state index in [1.54, 1.807) is 31.5 Å². The molecule has 0 aromatic carbocycles. The van der Waals surface area contributed by atoms with Gasteiger partial charge in [0.15, 0.2) is 0 Å². The van der Waals surface area contributed by atoms with E-state index in [2.05, 4.69) is 16.8 Å². The molecule has 1 fully saturated rings. The molecule has 0 saturated heterocycles. The number of pyridine rings is 1. The fourth-order valence-corrected chi connectivity index (χ4v) is 2.49. The summed E-state index contributed by atoms with van der Waals surface area (Å²) in [5, 5.41) is 9.70. The lowest BCUT2D eigenvalue weighted by Gasteiger charge is -2.38. The molecule has 0 amide bonds. The van der Waals surface area contributed by atoms with Crippen LogP contribution in [0.25, 0.3) is 0 Å². The van der Waals surface area contributed by atoms with Gasteiger partial charge in [-0.1, -0.05) is 6.92 Å². The van der Waals surface area contributed by atoms with E-state index < -0.39 is 11.5 Å². The Morgan fingerprint density at radius 1 is 1.50 bits per heavy atom. The summed E-state index contributed by atoms with van der Waals surface area (Å²) in [4.78, 5) is 17.9. The molecule has 2 rings (SSSR count). The second kappa shape index (κ2) is 5.06. The third kappa shape index (κ3) is 2.25. The van der Waals surface area contributed by atoms with Crippen molar-refractivity contribution in [2.24, 2.45) is 0 Å². The van der Waals surface area contributed by atoms with Crippen LogP contribution in [0.2, 0.25) is 0 Å². The number of nitrogens with zero attached hydrogens (tertiary/aromatic N) is 2. The summed E-state index contributed by atoms with van der Waals surface area (Å²) < 4.78 is 0. The molecule has 98 valence electrons. The summed E-state index contributed by atoms with van der Waals surface area (Å²) in [6.07, 6.45) is 6.49. The molecule has 1 aromatic heterocycles. The van der Waals surface area contributed by atoms with E-state index in [-0.39, 0.29) is 0 Å². The highest BCUT2D eigenvalue weighted by Gasteiger charge is 2.47. The van der Waals surface area contributed by atoms with Crippen LogP contribution in [0.3, 0.4) is 0 Å². The van der Waals surface area contributed by atoms with Gasteiger partial charge in [-0.2, -0.15) is 0 Å². The number of hydrogen-bond donors (Lipinski definition) is 1. The topological polar surface area (TPSA) is 53.4 Å². The highest BCUT2D eigenvalue weighted by Crippen LogP contribution is 2.38. The van der Waals surface area contributed by atoms with Gasteiger partial charge in [-0.15, -0.1) is 0 Å². The van der Waals surface area contributed by atoms with E-state index >= 15 is 0 Å². The molecule has 1 N–H and O–H groups in total. The second-order valence-corrected chi connectivity index (χ2v) is 5.04. The maximum atomic E-state index is 11.8. The minimum Gasteiger partial charge on any atom is -0.480 e. The summed E-state index contributed by atoms with van der Waals surface area (Å²) in [6, 6.07) is 4.03. The monoisotopic (exact) mass is 248 g/mol. The van der Waals surface area contributed by atoms with Crippen molar-refractivity contribution < 1.29 is 9.90 Å². The standard InChI is InChI=1S/C14H20N2O2/c1-3-10-16(12-4-5-12)14(2,13(17)18)11-6-8-15-9-7-11/h6-9,12H,3-5,10H2,1-2H3,(H,17,18). The van der Waals surface area contributed by atoms with Crippen molar-refractivity contribution in [1.82, 2.24) is 9.88 Å². The third-order valence-corrected chi connectivity index (χ3v) is 3.69. The number of carboxylic acid groups (broad SMARTS) is 1. The molecule has 4 nitrogen and oxygen atoms in total. The zero-order valence-corrected chi connectivity index (χ0v) is 11.0. The summed E-state index contributed by atoms with van der Waals surface area (Å²) in [5.41, 5.74) is -0.134. The van der Waals surface area contributed by atoms with Crippen LogP contribution in [0.4, 0.5) is 0 Å². The molecule has 1 aliphatic carbocycles. The summed E-state index contributed by atoms with van der Waals surface area (Å²) >= 11 is 0. The minimum absolute atomic E-state index is 0.416. The zero-order chi connectivity index (χ0) is 13.2. The molecule has 1 aliphatic rings. The van der Waals surface area contributed by atoms with Crippen molar-refractivity contribution in [3.63, 3.8) is 0 Å². The Hall–Kier alpha value is -1.42.